The van der Waals surface area contributed by atoms with Crippen LogP contribution in [0.2, 0.25) is 18.1 Å². The molecule has 3 aliphatic rings. The van der Waals surface area contributed by atoms with Gasteiger partial charge in [0.15, 0.2) is 37.9 Å². The predicted octanol–water partition coefficient (Wildman–Crippen LogP) is 10.9. The van der Waals surface area contributed by atoms with Crippen molar-refractivity contribution in [2.75, 3.05) is 23.4 Å². The molecule has 1 aromatic carbocycles. The number of rotatable bonds is 7. The van der Waals surface area contributed by atoms with Gasteiger partial charge in [0, 0.05) is 23.7 Å². The summed E-state index contributed by atoms with van der Waals surface area (Å²) in [5.41, 5.74) is -4.47. The largest absolute Gasteiger partial charge is 0.573 e. The Hall–Kier alpha value is -5.24. The fourth-order valence-corrected chi connectivity index (χ4v) is 9.57. The lowest BCUT2D eigenvalue weighted by Crippen LogP contribution is -2.72. The highest BCUT2D eigenvalue weighted by atomic mass is 28.4. The number of hydrogen-bond donors (Lipinski definition) is 1. The maximum atomic E-state index is 17.8. The molecule has 2 amide bonds. The second-order valence-corrected chi connectivity index (χ2v) is 25.1. The number of aryl methyl sites for hydroxylation is 1. The molecule has 3 aliphatic heterocycles. The third-order valence-corrected chi connectivity index (χ3v) is 16.7. The van der Waals surface area contributed by atoms with Gasteiger partial charge >= 0.3 is 18.5 Å². The number of carbonyl (C=O) groups is 2. The second kappa shape index (κ2) is 15.7. The van der Waals surface area contributed by atoms with Crippen LogP contribution in [0.25, 0.3) is 33.5 Å². The van der Waals surface area contributed by atoms with E-state index in [1.807, 2.05) is 4.90 Å². The smallest absolute Gasteiger partial charge is 0.472 e. The molecule has 6 heterocycles. The number of halogens is 5. The lowest BCUT2D eigenvalue weighted by molar-refractivity contribution is -0.275. The quantitative estimate of drug-likeness (QED) is 0.139. The van der Waals surface area contributed by atoms with Gasteiger partial charge < -0.3 is 32.7 Å². The number of nitrogens with one attached hydrogen (secondary N) is 1. The minimum Gasteiger partial charge on any atom is -0.472 e. The summed E-state index contributed by atoms with van der Waals surface area (Å²) >= 11 is 0. The first-order chi connectivity index (χ1) is 29.4. The van der Waals surface area contributed by atoms with Gasteiger partial charge in [0.1, 0.15) is 34.5 Å². The van der Waals surface area contributed by atoms with Crippen molar-refractivity contribution in [2.45, 2.75) is 148 Å². The van der Waals surface area contributed by atoms with Gasteiger partial charge in [-0.25, -0.2) is 33.3 Å². The molecule has 348 valence electrons. The van der Waals surface area contributed by atoms with Crippen LogP contribution < -0.4 is 19.7 Å². The van der Waals surface area contributed by atoms with Crippen molar-refractivity contribution in [1.29, 1.82) is 0 Å². The molecule has 14 nitrogen and oxygen atoms in total. The van der Waals surface area contributed by atoms with E-state index in [1.54, 1.807) is 60.3 Å². The third-order valence-electron chi connectivity index (χ3n) is 12.2. The van der Waals surface area contributed by atoms with E-state index in [4.69, 9.17) is 28.0 Å². The van der Waals surface area contributed by atoms with Gasteiger partial charge in [0.25, 0.3) is 0 Å². The molecule has 2 bridgehead atoms. The van der Waals surface area contributed by atoms with Crippen LogP contribution in [0.1, 0.15) is 87.6 Å². The molecular formula is C44H55F5N6O8Si. The number of fused-ring (bicyclic) bond motifs is 5. The van der Waals surface area contributed by atoms with Crippen LogP contribution in [-0.4, -0.2) is 94.8 Å². The molecule has 0 saturated carbocycles. The fraction of sp³-hybridized carbons (Fsp3) is 0.568. The van der Waals surface area contributed by atoms with E-state index in [0.29, 0.717) is 18.9 Å². The number of piperazine rings is 1. The average molecular weight is 919 g/mol. The average Bonchev–Trinajstić information content (AvgIpc) is 3.73. The van der Waals surface area contributed by atoms with Crippen LogP contribution in [0.5, 0.6) is 11.6 Å². The van der Waals surface area contributed by atoms with E-state index in [-0.39, 0.29) is 63.4 Å². The Labute approximate surface area is 369 Å². The molecular weight excluding hydrogens is 864 g/mol. The van der Waals surface area contributed by atoms with Crippen LogP contribution in [0, 0.1) is 18.6 Å². The standard InChI is InChI=1S/C44H55F5N6O8Si/c1-22-29-30-36(52-32(22)28-18-50-21-58-28)54-19-43(20-59-64(12,13)42(9,10)11)15-14-27(55(43)39(57)63-41(6,7)8)34(54)23(2)60-37(30)53-33(31(29)46)25-16-24(51-38(56)62-40(3,4)5)17-26(45)35(25)61-44(47,48)49/h16-18,21,23,27,34H,14-15,19-20H2,1-13H3,(H,51,56)/t23-,27-,34+,43+/m0/s1. The van der Waals surface area contributed by atoms with Crippen molar-refractivity contribution in [3.05, 3.63) is 41.9 Å². The maximum absolute atomic E-state index is 17.8. The molecule has 4 atom stereocenters. The van der Waals surface area contributed by atoms with Gasteiger partial charge in [-0.15, -0.1) is 13.2 Å². The number of oxazole rings is 1. The molecule has 1 N–H and O–H groups in total. The summed E-state index contributed by atoms with van der Waals surface area (Å²) in [6, 6.07) is 0.258. The van der Waals surface area contributed by atoms with Crippen molar-refractivity contribution < 1.29 is 59.3 Å². The number of pyridine rings is 2. The molecule has 0 unspecified atom stereocenters. The van der Waals surface area contributed by atoms with Crippen molar-refractivity contribution >= 4 is 42.8 Å². The molecule has 4 aromatic rings. The summed E-state index contributed by atoms with van der Waals surface area (Å²) in [6.45, 7) is 24.3. The number of carbonyl (C=O) groups excluding carboxylic acids is 2. The van der Waals surface area contributed by atoms with Crippen LogP contribution >= 0.6 is 0 Å². The van der Waals surface area contributed by atoms with E-state index in [0.717, 1.165) is 6.07 Å². The van der Waals surface area contributed by atoms with E-state index in [1.165, 1.54) is 12.6 Å². The Balaban J connectivity index is 1.48. The number of alkyl halides is 3. The summed E-state index contributed by atoms with van der Waals surface area (Å²) in [4.78, 5) is 44.6. The van der Waals surface area contributed by atoms with E-state index >= 15 is 8.78 Å². The Morgan fingerprint density at radius 3 is 2.23 bits per heavy atom. The fourth-order valence-electron chi connectivity index (χ4n) is 8.51. The van der Waals surface area contributed by atoms with Gasteiger partial charge in [0.05, 0.1) is 41.4 Å². The number of ether oxygens (including phenoxy) is 4. The Kier molecular flexibility index (Phi) is 11.5. The highest BCUT2D eigenvalue weighted by Crippen LogP contribution is 2.53. The zero-order valence-corrected chi connectivity index (χ0v) is 39.3. The zero-order valence-electron chi connectivity index (χ0n) is 38.3. The number of anilines is 2. The summed E-state index contributed by atoms with van der Waals surface area (Å²) in [6.07, 6.45) is -4.29. The summed E-state index contributed by atoms with van der Waals surface area (Å²) < 4.78 is 111. The molecule has 0 spiro atoms. The highest BCUT2D eigenvalue weighted by molar-refractivity contribution is 6.74. The summed E-state index contributed by atoms with van der Waals surface area (Å²) in [5, 5.41) is 2.03. The van der Waals surface area contributed by atoms with Crippen LogP contribution in [-0.2, 0) is 13.9 Å². The first kappa shape index (κ1) is 46.7. The third kappa shape index (κ3) is 8.78. The topological polar surface area (TPSA) is 151 Å². The molecule has 2 saturated heterocycles. The number of hydrogen-bond acceptors (Lipinski definition) is 12. The number of amides is 2. The Bertz CT molecular complexity index is 2480. The molecule has 3 aromatic heterocycles. The maximum Gasteiger partial charge on any atom is 0.573 e. The lowest BCUT2D eigenvalue weighted by atomic mass is 9.92. The highest BCUT2D eigenvalue weighted by Gasteiger charge is 2.62. The molecule has 20 heteroatoms. The van der Waals surface area contributed by atoms with Crippen molar-refractivity contribution in [3.8, 4) is 34.3 Å². The van der Waals surface area contributed by atoms with Gasteiger partial charge in [-0.3, -0.25) is 10.2 Å². The van der Waals surface area contributed by atoms with Gasteiger partial charge in [-0.1, -0.05) is 20.8 Å². The summed E-state index contributed by atoms with van der Waals surface area (Å²) in [7, 11) is -2.42. The van der Waals surface area contributed by atoms with Crippen molar-refractivity contribution in [1.82, 2.24) is 19.9 Å². The number of benzene rings is 1. The Morgan fingerprint density at radius 1 is 0.969 bits per heavy atom. The SMILES string of the molecule is Cc1c(-c2cnco2)nc2c3c(nc(-c4cc(NC(=O)OC(C)(C)C)cc(F)c4OC(F)(F)F)c(F)c13)O[C@@H](C)[C@@H]1[C@@H]3CC[C@](CO[Si](C)(C)C(C)(C)C)(CN21)N3C(=O)OC(C)(C)C. The summed E-state index contributed by atoms with van der Waals surface area (Å²) in [5.74, 6) is -4.07. The van der Waals surface area contributed by atoms with E-state index in [9.17, 15) is 22.8 Å². The second-order valence-electron chi connectivity index (χ2n) is 20.3. The molecule has 2 fully saturated rings. The molecule has 7 rings (SSSR count). The van der Waals surface area contributed by atoms with Crippen molar-refractivity contribution in [3.63, 3.8) is 0 Å². The molecule has 64 heavy (non-hydrogen) atoms. The van der Waals surface area contributed by atoms with Gasteiger partial charge in [-0.2, -0.15) is 0 Å². The van der Waals surface area contributed by atoms with E-state index in [2.05, 4.69) is 53.9 Å². The minimum atomic E-state index is -5.43. The normalized spacial score (nSPS) is 21.3. The predicted molar refractivity (Wildman–Crippen MR) is 230 cm³/mol. The van der Waals surface area contributed by atoms with Crippen LogP contribution in [0.3, 0.4) is 0 Å². The van der Waals surface area contributed by atoms with E-state index < -0.39 is 90.4 Å². The molecule has 0 aliphatic carbocycles. The van der Waals surface area contributed by atoms with Gasteiger partial charge in [-0.05, 0) is 98.0 Å². The van der Waals surface area contributed by atoms with Gasteiger partial charge in [0.2, 0.25) is 5.88 Å². The monoisotopic (exact) mass is 918 g/mol. The zero-order chi connectivity index (χ0) is 47.3. The first-order valence-corrected chi connectivity index (χ1v) is 23.9. The number of nitrogens with zero attached hydrogens (tertiary/aromatic N) is 5. The Morgan fingerprint density at radius 2 is 1.64 bits per heavy atom. The number of aromatic nitrogens is 3. The lowest BCUT2D eigenvalue weighted by Gasteiger charge is -2.54. The van der Waals surface area contributed by atoms with Crippen molar-refractivity contribution in [2.24, 2.45) is 0 Å². The van der Waals surface area contributed by atoms with Crippen LogP contribution in [0.15, 0.2) is 29.1 Å². The minimum absolute atomic E-state index is 0.0729. The first-order valence-electron chi connectivity index (χ1n) is 21.0. The van der Waals surface area contributed by atoms with Crippen LogP contribution in [0.4, 0.5) is 43.0 Å². The molecule has 0 radical (unpaired) electrons.